The van der Waals surface area contributed by atoms with Gasteiger partial charge in [-0.2, -0.15) is 0 Å². The van der Waals surface area contributed by atoms with E-state index in [2.05, 4.69) is 13.8 Å². The minimum atomic E-state index is -0.731. The predicted molar refractivity (Wildman–Crippen MR) is 103 cm³/mol. The van der Waals surface area contributed by atoms with Crippen LogP contribution in [-0.4, -0.2) is 23.1 Å². The summed E-state index contributed by atoms with van der Waals surface area (Å²) in [6, 6.07) is 0. The van der Waals surface area contributed by atoms with Crippen molar-refractivity contribution in [2.24, 2.45) is 0 Å². The summed E-state index contributed by atoms with van der Waals surface area (Å²) in [5.74, 6) is -0.784. The molecule has 0 aromatic heterocycles. The van der Waals surface area contributed by atoms with Crippen LogP contribution in [0.2, 0.25) is 0 Å². The van der Waals surface area contributed by atoms with Crippen LogP contribution < -0.4 is 0 Å². The highest BCUT2D eigenvalue weighted by Gasteiger charge is 2.14. The van der Waals surface area contributed by atoms with Crippen molar-refractivity contribution in [2.75, 3.05) is 0 Å². The van der Waals surface area contributed by atoms with Gasteiger partial charge in [-0.25, -0.2) is 0 Å². The summed E-state index contributed by atoms with van der Waals surface area (Å²) in [6.45, 7) is 4.38. The molecular weight excluding hydrogens is 316 g/mol. The second-order valence-corrected chi connectivity index (χ2v) is 7.12. The minimum absolute atomic E-state index is 0.0184. The van der Waals surface area contributed by atoms with Gasteiger partial charge in [0.2, 0.25) is 0 Å². The van der Waals surface area contributed by atoms with E-state index < -0.39 is 5.97 Å². The molecule has 0 rings (SSSR count). The van der Waals surface area contributed by atoms with Crippen LogP contribution in [0.15, 0.2) is 0 Å². The Balaban J connectivity index is 4.00. The fourth-order valence-electron chi connectivity index (χ4n) is 3.00. The molecule has 0 amide bonds. The Kier molecular flexibility index (Phi) is 17.0. The molecule has 0 aliphatic carbocycles. The number of rotatable bonds is 18. The highest BCUT2D eigenvalue weighted by molar-refractivity contribution is 5.69. The van der Waals surface area contributed by atoms with Crippen molar-refractivity contribution in [1.82, 2.24) is 0 Å². The van der Waals surface area contributed by atoms with E-state index in [0.717, 1.165) is 44.9 Å². The smallest absolute Gasteiger partial charge is 0.306 e. The number of carboxylic acids is 1. The van der Waals surface area contributed by atoms with Gasteiger partial charge in [0.15, 0.2) is 0 Å². The molecule has 0 aromatic rings. The maximum absolute atomic E-state index is 12.1. The van der Waals surface area contributed by atoms with Crippen LogP contribution in [0.3, 0.4) is 0 Å². The average Bonchev–Trinajstić information content (AvgIpc) is 2.57. The fourth-order valence-corrected chi connectivity index (χ4v) is 3.00. The molecule has 4 heteroatoms. The van der Waals surface area contributed by atoms with Gasteiger partial charge >= 0.3 is 11.9 Å². The monoisotopic (exact) mass is 356 g/mol. The van der Waals surface area contributed by atoms with Crippen LogP contribution in [0.5, 0.6) is 0 Å². The van der Waals surface area contributed by atoms with Crippen molar-refractivity contribution >= 4 is 11.9 Å². The van der Waals surface area contributed by atoms with Crippen LogP contribution in [0.1, 0.15) is 117 Å². The fraction of sp³-hybridized carbons (Fsp3) is 0.905. The van der Waals surface area contributed by atoms with E-state index in [-0.39, 0.29) is 18.5 Å². The summed E-state index contributed by atoms with van der Waals surface area (Å²) < 4.78 is 5.71. The molecule has 1 N–H and O–H groups in total. The zero-order chi connectivity index (χ0) is 18.8. The predicted octanol–water partition coefficient (Wildman–Crippen LogP) is 6.26. The average molecular weight is 357 g/mol. The topological polar surface area (TPSA) is 63.6 Å². The SMILES string of the molecule is CCCCCCCC(=O)OC(CCCCCC)CCCCCC(=O)O. The second kappa shape index (κ2) is 17.8. The zero-order valence-electron chi connectivity index (χ0n) is 16.6. The standard InChI is InChI=1S/C21H40O4/c1-3-5-7-9-14-18-21(24)25-19(15-11-8-6-4-2)16-12-10-13-17-20(22)23/h19H,3-18H2,1-2H3,(H,22,23). The van der Waals surface area contributed by atoms with Crippen LogP contribution in [-0.2, 0) is 14.3 Å². The zero-order valence-corrected chi connectivity index (χ0v) is 16.6. The summed E-state index contributed by atoms with van der Waals surface area (Å²) in [5, 5.41) is 8.67. The Bertz CT molecular complexity index is 328. The number of hydrogen-bond donors (Lipinski definition) is 1. The van der Waals surface area contributed by atoms with Crippen molar-refractivity contribution in [2.45, 2.75) is 123 Å². The molecule has 0 saturated heterocycles. The van der Waals surface area contributed by atoms with Gasteiger partial charge < -0.3 is 9.84 Å². The molecule has 0 aliphatic rings. The first-order chi connectivity index (χ1) is 12.1. The van der Waals surface area contributed by atoms with Gasteiger partial charge in [0.1, 0.15) is 6.10 Å². The Labute approximate surface area is 154 Å². The van der Waals surface area contributed by atoms with E-state index in [1.54, 1.807) is 0 Å². The normalized spacial score (nSPS) is 12.1. The molecule has 0 saturated carbocycles. The maximum atomic E-state index is 12.1. The molecule has 148 valence electrons. The van der Waals surface area contributed by atoms with Gasteiger partial charge in [-0.05, 0) is 38.5 Å². The first kappa shape index (κ1) is 23.9. The summed E-state index contributed by atoms with van der Waals surface area (Å²) in [6.07, 6.45) is 15.6. The Morgan fingerprint density at radius 2 is 1.20 bits per heavy atom. The largest absolute Gasteiger partial charge is 0.481 e. The van der Waals surface area contributed by atoms with E-state index in [9.17, 15) is 9.59 Å². The third kappa shape index (κ3) is 17.6. The molecular formula is C21H40O4. The van der Waals surface area contributed by atoms with Crippen LogP contribution in [0.25, 0.3) is 0 Å². The van der Waals surface area contributed by atoms with Gasteiger partial charge in [0.25, 0.3) is 0 Å². The quantitative estimate of drug-likeness (QED) is 0.232. The van der Waals surface area contributed by atoms with Gasteiger partial charge in [-0.1, -0.05) is 65.2 Å². The molecule has 0 heterocycles. The number of carbonyl (C=O) groups is 2. The number of unbranched alkanes of at least 4 members (excludes halogenated alkanes) is 9. The summed E-state index contributed by atoms with van der Waals surface area (Å²) in [4.78, 5) is 22.6. The lowest BCUT2D eigenvalue weighted by molar-refractivity contribution is -0.150. The molecule has 0 bridgehead atoms. The van der Waals surface area contributed by atoms with Gasteiger partial charge in [0.05, 0.1) is 0 Å². The number of esters is 1. The van der Waals surface area contributed by atoms with Crippen molar-refractivity contribution in [3.8, 4) is 0 Å². The Hall–Kier alpha value is -1.06. The van der Waals surface area contributed by atoms with Gasteiger partial charge in [-0.3, -0.25) is 9.59 Å². The van der Waals surface area contributed by atoms with E-state index in [4.69, 9.17) is 9.84 Å². The Morgan fingerprint density at radius 3 is 1.76 bits per heavy atom. The van der Waals surface area contributed by atoms with Crippen molar-refractivity contribution < 1.29 is 19.4 Å². The van der Waals surface area contributed by atoms with Crippen LogP contribution in [0.4, 0.5) is 0 Å². The molecule has 4 nitrogen and oxygen atoms in total. The number of aliphatic carboxylic acids is 1. The van der Waals surface area contributed by atoms with Gasteiger partial charge in [0, 0.05) is 12.8 Å². The molecule has 1 atom stereocenters. The van der Waals surface area contributed by atoms with Crippen LogP contribution >= 0.6 is 0 Å². The first-order valence-corrected chi connectivity index (χ1v) is 10.5. The van der Waals surface area contributed by atoms with E-state index in [0.29, 0.717) is 12.8 Å². The van der Waals surface area contributed by atoms with Gasteiger partial charge in [-0.15, -0.1) is 0 Å². The van der Waals surface area contributed by atoms with E-state index in [1.807, 2.05) is 0 Å². The second-order valence-electron chi connectivity index (χ2n) is 7.12. The third-order valence-corrected chi connectivity index (χ3v) is 4.58. The summed E-state index contributed by atoms with van der Waals surface area (Å²) in [5.41, 5.74) is 0. The molecule has 0 aromatic carbocycles. The lowest BCUT2D eigenvalue weighted by Crippen LogP contribution is -2.18. The molecule has 0 radical (unpaired) electrons. The molecule has 25 heavy (non-hydrogen) atoms. The molecule has 0 spiro atoms. The minimum Gasteiger partial charge on any atom is -0.481 e. The lowest BCUT2D eigenvalue weighted by Gasteiger charge is -2.18. The highest BCUT2D eigenvalue weighted by Crippen LogP contribution is 2.17. The Morgan fingerprint density at radius 1 is 0.720 bits per heavy atom. The summed E-state index contributed by atoms with van der Waals surface area (Å²) >= 11 is 0. The summed E-state index contributed by atoms with van der Waals surface area (Å²) in [7, 11) is 0. The van der Waals surface area contributed by atoms with E-state index >= 15 is 0 Å². The molecule has 0 fully saturated rings. The number of ether oxygens (including phenoxy) is 1. The van der Waals surface area contributed by atoms with Crippen LogP contribution in [0, 0.1) is 0 Å². The van der Waals surface area contributed by atoms with E-state index in [1.165, 1.54) is 38.5 Å². The number of carbonyl (C=O) groups excluding carboxylic acids is 1. The van der Waals surface area contributed by atoms with Crippen molar-refractivity contribution in [3.63, 3.8) is 0 Å². The maximum Gasteiger partial charge on any atom is 0.306 e. The number of carboxylic acid groups (broad SMARTS) is 1. The molecule has 1 unspecified atom stereocenters. The van der Waals surface area contributed by atoms with Crippen molar-refractivity contribution in [1.29, 1.82) is 0 Å². The third-order valence-electron chi connectivity index (χ3n) is 4.58. The molecule has 0 aliphatic heterocycles. The van der Waals surface area contributed by atoms with Crippen molar-refractivity contribution in [3.05, 3.63) is 0 Å². The lowest BCUT2D eigenvalue weighted by atomic mass is 10.0. The first-order valence-electron chi connectivity index (χ1n) is 10.5. The highest BCUT2D eigenvalue weighted by atomic mass is 16.5. The number of hydrogen-bond acceptors (Lipinski definition) is 3.